The SMILES string of the molecule is CNC(=O)OC[C@@H]1CNC[C@@H]1F. The van der Waals surface area contributed by atoms with E-state index in [1.54, 1.807) is 0 Å². The molecule has 1 aliphatic rings. The molecule has 1 amide bonds. The first-order chi connectivity index (χ1) is 5.74. The second-order valence-electron chi connectivity index (χ2n) is 2.78. The summed E-state index contributed by atoms with van der Waals surface area (Å²) in [6, 6.07) is 0. The third-order valence-corrected chi connectivity index (χ3v) is 1.89. The summed E-state index contributed by atoms with van der Waals surface area (Å²) in [5.41, 5.74) is 0. The van der Waals surface area contributed by atoms with Crippen LogP contribution in [0.2, 0.25) is 0 Å². The molecule has 0 aromatic carbocycles. The topological polar surface area (TPSA) is 50.4 Å². The van der Waals surface area contributed by atoms with E-state index in [0.29, 0.717) is 13.1 Å². The highest BCUT2D eigenvalue weighted by atomic mass is 19.1. The maximum Gasteiger partial charge on any atom is 0.406 e. The van der Waals surface area contributed by atoms with Gasteiger partial charge in [-0.3, -0.25) is 0 Å². The van der Waals surface area contributed by atoms with E-state index in [0.717, 1.165) is 0 Å². The van der Waals surface area contributed by atoms with Crippen LogP contribution in [-0.2, 0) is 4.74 Å². The van der Waals surface area contributed by atoms with Gasteiger partial charge in [-0.05, 0) is 0 Å². The lowest BCUT2D eigenvalue weighted by molar-refractivity contribution is 0.114. The summed E-state index contributed by atoms with van der Waals surface area (Å²) in [7, 11) is 1.47. The lowest BCUT2D eigenvalue weighted by Crippen LogP contribution is -2.26. The molecule has 70 valence electrons. The zero-order chi connectivity index (χ0) is 8.97. The number of hydrogen-bond acceptors (Lipinski definition) is 3. The van der Waals surface area contributed by atoms with Gasteiger partial charge in [-0.2, -0.15) is 0 Å². The van der Waals surface area contributed by atoms with Crippen molar-refractivity contribution in [3.63, 3.8) is 0 Å². The standard InChI is InChI=1S/C7H13FN2O2/c1-9-7(11)12-4-5-2-10-3-6(5)8/h5-6,10H,2-4H2,1H3,(H,9,11)/t5-,6-/m0/s1. The summed E-state index contributed by atoms with van der Waals surface area (Å²) in [5, 5.41) is 5.18. The van der Waals surface area contributed by atoms with Crippen LogP contribution in [0.5, 0.6) is 0 Å². The molecule has 1 fully saturated rings. The van der Waals surface area contributed by atoms with E-state index in [-0.39, 0.29) is 12.5 Å². The smallest absolute Gasteiger partial charge is 0.406 e. The van der Waals surface area contributed by atoms with Crippen molar-refractivity contribution in [3.8, 4) is 0 Å². The van der Waals surface area contributed by atoms with Gasteiger partial charge in [-0.25, -0.2) is 9.18 Å². The number of halogens is 1. The Bertz CT molecular complexity index is 165. The van der Waals surface area contributed by atoms with Crippen LogP contribution in [0.4, 0.5) is 9.18 Å². The number of nitrogens with one attached hydrogen (secondary N) is 2. The van der Waals surface area contributed by atoms with Gasteiger partial charge in [0.1, 0.15) is 12.8 Å². The zero-order valence-corrected chi connectivity index (χ0v) is 6.97. The molecule has 5 heteroatoms. The maximum absolute atomic E-state index is 12.9. The van der Waals surface area contributed by atoms with Crippen molar-refractivity contribution in [2.24, 2.45) is 5.92 Å². The minimum atomic E-state index is -0.894. The van der Waals surface area contributed by atoms with Crippen LogP contribution in [0.15, 0.2) is 0 Å². The Hall–Kier alpha value is -0.840. The quantitative estimate of drug-likeness (QED) is 0.617. The summed E-state index contributed by atoms with van der Waals surface area (Å²) >= 11 is 0. The summed E-state index contributed by atoms with van der Waals surface area (Å²) in [5.74, 6) is -0.192. The van der Waals surface area contributed by atoms with Crippen LogP contribution in [0.3, 0.4) is 0 Å². The largest absolute Gasteiger partial charge is 0.449 e. The number of amides is 1. The van der Waals surface area contributed by atoms with Gasteiger partial charge >= 0.3 is 6.09 Å². The zero-order valence-electron chi connectivity index (χ0n) is 6.97. The van der Waals surface area contributed by atoms with Crippen LogP contribution < -0.4 is 10.6 Å². The van der Waals surface area contributed by atoms with Gasteiger partial charge in [0, 0.05) is 26.1 Å². The van der Waals surface area contributed by atoms with Crippen LogP contribution in [0.25, 0.3) is 0 Å². The van der Waals surface area contributed by atoms with E-state index in [1.807, 2.05) is 0 Å². The predicted molar refractivity (Wildman–Crippen MR) is 41.7 cm³/mol. The van der Waals surface area contributed by atoms with Gasteiger partial charge < -0.3 is 15.4 Å². The first-order valence-corrected chi connectivity index (χ1v) is 3.93. The highest BCUT2D eigenvalue weighted by Gasteiger charge is 2.27. The fraction of sp³-hybridized carbons (Fsp3) is 0.857. The Labute approximate surface area is 70.5 Å². The monoisotopic (exact) mass is 176 g/mol. The number of carbonyl (C=O) groups is 1. The van der Waals surface area contributed by atoms with Gasteiger partial charge in [0.25, 0.3) is 0 Å². The number of alkyl halides is 1. The molecule has 0 radical (unpaired) electrons. The highest BCUT2D eigenvalue weighted by Crippen LogP contribution is 2.12. The first kappa shape index (κ1) is 9.25. The molecule has 0 spiro atoms. The molecule has 0 saturated carbocycles. The van der Waals surface area contributed by atoms with Crippen LogP contribution in [0, 0.1) is 5.92 Å². The Morgan fingerprint density at radius 2 is 2.50 bits per heavy atom. The molecule has 1 saturated heterocycles. The molecule has 0 aromatic heterocycles. The minimum Gasteiger partial charge on any atom is -0.449 e. The van der Waals surface area contributed by atoms with E-state index in [9.17, 15) is 9.18 Å². The fourth-order valence-electron chi connectivity index (χ4n) is 1.12. The Morgan fingerprint density at radius 1 is 1.75 bits per heavy atom. The Kier molecular flexibility index (Phi) is 3.28. The average Bonchev–Trinajstić information content (AvgIpc) is 2.47. The predicted octanol–water partition coefficient (Wildman–Crippen LogP) is -0.100. The summed E-state index contributed by atoms with van der Waals surface area (Å²) in [4.78, 5) is 10.6. The molecule has 0 unspecified atom stereocenters. The molecule has 4 nitrogen and oxygen atoms in total. The van der Waals surface area contributed by atoms with Gasteiger partial charge in [0.05, 0.1) is 0 Å². The van der Waals surface area contributed by atoms with Crippen molar-refractivity contribution in [1.29, 1.82) is 0 Å². The van der Waals surface area contributed by atoms with E-state index < -0.39 is 12.3 Å². The second-order valence-corrected chi connectivity index (χ2v) is 2.78. The van der Waals surface area contributed by atoms with Crippen molar-refractivity contribution < 1.29 is 13.9 Å². The number of alkyl carbamates (subject to hydrolysis) is 1. The molecule has 0 aliphatic carbocycles. The molecular formula is C7H13FN2O2. The molecule has 0 aromatic rings. The summed E-state index contributed by atoms with van der Waals surface area (Å²) in [6.07, 6.45) is -1.40. The number of carbonyl (C=O) groups excluding carboxylic acids is 1. The summed E-state index contributed by atoms with van der Waals surface area (Å²) < 4.78 is 17.6. The Balaban J connectivity index is 2.18. The van der Waals surface area contributed by atoms with E-state index in [1.165, 1.54) is 7.05 Å². The van der Waals surface area contributed by atoms with Crippen molar-refractivity contribution in [3.05, 3.63) is 0 Å². The van der Waals surface area contributed by atoms with Crippen LogP contribution >= 0.6 is 0 Å². The van der Waals surface area contributed by atoms with Gasteiger partial charge in [0.15, 0.2) is 0 Å². The van der Waals surface area contributed by atoms with Crippen molar-refractivity contribution in [2.75, 3.05) is 26.7 Å². The van der Waals surface area contributed by atoms with Crippen LogP contribution in [0.1, 0.15) is 0 Å². The fourth-order valence-corrected chi connectivity index (χ4v) is 1.12. The van der Waals surface area contributed by atoms with E-state index in [2.05, 4.69) is 10.6 Å². The van der Waals surface area contributed by atoms with E-state index >= 15 is 0 Å². The first-order valence-electron chi connectivity index (χ1n) is 3.93. The number of rotatable bonds is 2. The van der Waals surface area contributed by atoms with Crippen molar-refractivity contribution in [1.82, 2.24) is 10.6 Å². The molecule has 1 rings (SSSR count). The van der Waals surface area contributed by atoms with Crippen molar-refractivity contribution in [2.45, 2.75) is 6.17 Å². The number of hydrogen-bond donors (Lipinski definition) is 2. The van der Waals surface area contributed by atoms with E-state index in [4.69, 9.17) is 4.74 Å². The van der Waals surface area contributed by atoms with Gasteiger partial charge in [-0.15, -0.1) is 0 Å². The maximum atomic E-state index is 12.9. The molecule has 2 atom stereocenters. The van der Waals surface area contributed by atoms with Crippen LogP contribution in [-0.4, -0.2) is 39.0 Å². The lowest BCUT2D eigenvalue weighted by Gasteiger charge is -2.11. The molecular weight excluding hydrogens is 163 g/mol. The third kappa shape index (κ3) is 2.34. The van der Waals surface area contributed by atoms with Gasteiger partial charge in [-0.1, -0.05) is 0 Å². The second kappa shape index (κ2) is 4.25. The van der Waals surface area contributed by atoms with Crippen molar-refractivity contribution >= 4 is 6.09 Å². The molecule has 0 bridgehead atoms. The third-order valence-electron chi connectivity index (χ3n) is 1.89. The molecule has 1 aliphatic heterocycles. The molecule has 12 heavy (non-hydrogen) atoms. The molecule has 1 heterocycles. The van der Waals surface area contributed by atoms with Gasteiger partial charge in [0.2, 0.25) is 0 Å². The Morgan fingerprint density at radius 3 is 3.00 bits per heavy atom. The highest BCUT2D eigenvalue weighted by molar-refractivity contribution is 5.66. The average molecular weight is 176 g/mol. The molecule has 2 N–H and O–H groups in total. The minimum absolute atomic E-state index is 0.147. The summed E-state index contributed by atoms with van der Waals surface area (Å²) in [6.45, 7) is 1.09. The number of ether oxygens (including phenoxy) is 1. The normalized spacial score (nSPS) is 28.5. The lowest BCUT2D eigenvalue weighted by atomic mass is 10.1.